The topological polar surface area (TPSA) is 62.1 Å². The Hall–Kier alpha value is -2.21. The van der Waals surface area contributed by atoms with E-state index in [0.29, 0.717) is 6.54 Å². The van der Waals surface area contributed by atoms with Crippen LogP contribution in [-0.4, -0.2) is 47.9 Å². The molecule has 4 amide bonds. The molecule has 0 bridgehead atoms. The summed E-state index contributed by atoms with van der Waals surface area (Å²) in [5.74, 6) is -1.50. The van der Waals surface area contributed by atoms with E-state index in [1.54, 1.807) is 0 Å². The molecule has 6 heteroatoms. The van der Waals surface area contributed by atoms with E-state index in [0.717, 1.165) is 26.8 Å². The number of quaternary nitrogens is 1. The number of urea groups is 1. The molecule has 6 nitrogen and oxygen atoms in total. The van der Waals surface area contributed by atoms with Crippen molar-refractivity contribution in [2.45, 2.75) is 13.5 Å². The maximum atomic E-state index is 11.8. The van der Waals surface area contributed by atoms with Crippen LogP contribution in [0.1, 0.15) is 12.5 Å². The number of hydrogen-bond acceptors (Lipinski definition) is 3. The quantitative estimate of drug-likeness (QED) is 0.581. The highest BCUT2D eigenvalue weighted by molar-refractivity contribution is 6.44. The summed E-state index contributed by atoms with van der Waals surface area (Å²) < 4.78 is 0. The Morgan fingerprint density at radius 2 is 1.70 bits per heavy atom. The fraction of sp³-hybridized carbons (Fsp3) is 0.357. The van der Waals surface area contributed by atoms with Gasteiger partial charge in [0.15, 0.2) is 6.67 Å². The average molecular weight is 276 g/mol. The molecule has 0 radical (unpaired) electrons. The molecule has 1 aliphatic rings. The summed E-state index contributed by atoms with van der Waals surface area (Å²) in [5, 5.41) is 0. The molecule has 0 spiro atoms. The van der Waals surface area contributed by atoms with Gasteiger partial charge < -0.3 is 4.90 Å². The maximum Gasteiger partial charge on any atom is 0.338 e. The molecule has 0 aliphatic carbocycles. The molecule has 1 unspecified atom stereocenters. The SMILES string of the molecule is CC[NH+](Cc1ccccc1)CN1C(=O)C(=O)N(C)C1=O. The minimum Gasteiger partial charge on any atom is -0.314 e. The third kappa shape index (κ3) is 2.70. The number of imide groups is 2. The lowest BCUT2D eigenvalue weighted by atomic mass is 10.2. The van der Waals surface area contributed by atoms with Gasteiger partial charge in [-0.15, -0.1) is 0 Å². The highest BCUT2D eigenvalue weighted by Gasteiger charge is 2.43. The lowest BCUT2D eigenvalue weighted by molar-refractivity contribution is -0.919. The zero-order chi connectivity index (χ0) is 14.7. The molecule has 1 aromatic carbocycles. The number of rotatable bonds is 5. The van der Waals surface area contributed by atoms with Crippen LogP contribution in [0.25, 0.3) is 0 Å². The van der Waals surface area contributed by atoms with E-state index in [2.05, 4.69) is 0 Å². The van der Waals surface area contributed by atoms with Gasteiger partial charge in [0.2, 0.25) is 0 Å². The van der Waals surface area contributed by atoms with Crippen molar-refractivity contribution in [3.05, 3.63) is 35.9 Å². The Kier molecular flexibility index (Phi) is 4.14. The zero-order valence-corrected chi connectivity index (χ0v) is 11.6. The zero-order valence-electron chi connectivity index (χ0n) is 11.6. The third-order valence-electron chi connectivity index (χ3n) is 3.43. The van der Waals surface area contributed by atoms with Crippen molar-refractivity contribution in [1.29, 1.82) is 0 Å². The molecule has 1 heterocycles. The first kappa shape index (κ1) is 14.2. The number of hydrogen-bond donors (Lipinski definition) is 1. The minimum absolute atomic E-state index is 0.207. The molecular formula is C14H18N3O3+. The lowest BCUT2D eigenvalue weighted by Crippen LogP contribution is -3.12. The Balaban J connectivity index is 2.05. The number of nitrogens with one attached hydrogen (secondary N) is 1. The number of likely N-dealkylation sites (N-methyl/N-ethyl adjacent to an activating group) is 1. The van der Waals surface area contributed by atoms with Crippen molar-refractivity contribution in [1.82, 2.24) is 9.80 Å². The largest absolute Gasteiger partial charge is 0.338 e. The second-order valence-corrected chi connectivity index (χ2v) is 4.80. The van der Waals surface area contributed by atoms with Crippen molar-refractivity contribution in [2.24, 2.45) is 0 Å². The normalized spacial score (nSPS) is 17.0. The molecule has 0 aromatic heterocycles. The van der Waals surface area contributed by atoms with Gasteiger partial charge in [-0.2, -0.15) is 0 Å². The van der Waals surface area contributed by atoms with Crippen molar-refractivity contribution in [2.75, 3.05) is 20.3 Å². The van der Waals surface area contributed by atoms with Crippen LogP contribution in [0.5, 0.6) is 0 Å². The molecule has 2 rings (SSSR count). The molecule has 1 fully saturated rings. The van der Waals surface area contributed by atoms with Crippen molar-refractivity contribution in [3.8, 4) is 0 Å². The van der Waals surface area contributed by atoms with Gasteiger partial charge in [-0.05, 0) is 6.92 Å². The molecule has 1 aromatic rings. The first-order valence-corrected chi connectivity index (χ1v) is 6.55. The third-order valence-corrected chi connectivity index (χ3v) is 3.43. The summed E-state index contributed by atoms with van der Waals surface area (Å²) in [6.07, 6.45) is 0. The van der Waals surface area contributed by atoms with E-state index in [1.807, 2.05) is 37.3 Å². The monoisotopic (exact) mass is 276 g/mol. The summed E-state index contributed by atoms with van der Waals surface area (Å²) in [5.41, 5.74) is 1.13. The summed E-state index contributed by atoms with van der Waals surface area (Å²) >= 11 is 0. The van der Waals surface area contributed by atoms with Gasteiger partial charge in [-0.25, -0.2) is 9.69 Å². The summed E-state index contributed by atoms with van der Waals surface area (Å²) in [6, 6.07) is 9.30. The fourth-order valence-electron chi connectivity index (χ4n) is 2.15. The highest BCUT2D eigenvalue weighted by atomic mass is 16.2. The van der Waals surface area contributed by atoms with Crippen LogP contribution in [0.4, 0.5) is 4.79 Å². The van der Waals surface area contributed by atoms with Crippen LogP contribution in [0, 0.1) is 0 Å². The molecule has 1 aliphatic heterocycles. The Morgan fingerprint density at radius 3 is 2.20 bits per heavy atom. The predicted octanol–water partition coefficient (Wildman–Crippen LogP) is -0.530. The van der Waals surface area contributed by atoms with Crippen LogP contribution < -0.4 is 4.90 Å². The van der Waals surface area contributed by atoms with E-state index in [4.69, 9.17) is 0 Å². The van der Waals surface area contributed by atoms with E-state index in [1.165, 1.54) is 7.05 Å². The summed E-state index contributed by atoms with van der Waals surface area (Å²) in [6.45, 7) is 3.64. The van der Waals surface area contributed by atoms with E-state index < -0.39 is 17.8 Å². The summed E-state index contributed by atoms with van der Waals surface area (Å²) in [7, 11) is 1.32. The Morgan fingerprint density at radius 1 is 1.05 bits per heavy atom. The lowest BCUT2D eigenvalue weighted by Gasteiger charge is -2.22. The number of amides is 4. The smallest absolute Gasteiger partial charge is 0.314 e. The Labute approximate surface area is 117 Å². The van der Waals surface area contributed by atoms with E-state index in [9.17, 15) is 14.4 Å². The second kappa shape index (κ2) is 5.83. The van der Waals surface area contributed by atoms with E-state index >= 15 is 0 Å². The number of carbonyl (C=O) groups is 3. The number of carbonyl (C=O) groups excluding carboxylic acids is 3. The molecule has 106 valence electrons. The van der Waals surface area contributed by atoms with Gasteiger partial charge in [0.05, 0.1) is 6.54 Å². The van der Waals surface area contributed by atoms with Gasteiger partial charge in [0, 0.05) is 12.6 Å². The van der Waals surface area contributed by atoms with Crippen molar-refractivity contribution in [3.63, 3.8) is 0 Å². The first-order valence-electron chi connectivity index (χ1n) is 6.55. The number of benzene rings is 1. The van der Waals surface area contributed by atoms with Crippen LogP contribution in [0.3, 0.4) is 0 Å². The molecule has 1 saturated heterocycles. The minimum atomic E-state index is -0.759. The fourth-order valence-corrected chi connectivity index (χ4v) is 2.15. The molecule has 1 N–H and O–H groups in total. The van der Waals surface area contributed by atoms with Crippen LogP contribution in [0.2, 0.25) is 0 Å². The van der Waals surface area contributed by atoms with Crippen LogP contribution >= 0.6 is 0 Å². The van der Waals surface area contributed by atoms with Gasteiger partial charge in [0.1, 0.15) is 6.54 Å². The average Bonchev–Trinajstić information content (AvgIpc) is 2.65. The first-order chi connectivity index (χ1) is 9.54. The maximum absolute atomic E-state index is 11.8. The highest BCUT2D eigenvalue weighted by Crippen LogP contribution is 2.07. The van der Waals surface area contributed by atoms with Crippen molar-refractivity contribution >= 4 is 17.8 Å². The molecule has 1 atom stereocenters. The molecule has 0 saturated carbocycles. The van der Waals surface area contributed by atoms with Gasteiger partial charge in [-0.3, -0.25) is 14.5 Å². The predicted molar refractivity (Wildman–Crippen MR) is 71.5 cm³/mol. The molecular weight excluding hydrogens is 258 g/mol. The number of nitrogens with zero attached hydrogens (tertiary/aromatic N) is 2. The van der Waals surface area contributed by atoms with Gasteiger partial charge >= 0.3 is 17.8 Å². The van der Waals surface area contributed by atoms with Gasteiger partial charge in [-0.1, -0.05) is 30.3 Å². The van der Waals surface area contributed by atoms with Crippen molar-refractivity contribution < 1.29 is 19.3 Å². The molecule has 20 heavy (non-hydrogen) atoms. The summed E-state index contributed by atoms with van der Waals surface area (Å²) in [4.78, 5) is 37.9. The van der Waals surface area contributed by atoms with E-state index in [-0.39, 0.29) is 6.67 Å². The van der Waals surface area contributed by atoms with Crippen LogP contribution in [-0.2, 0) is 16.1 Å². The second-order valence-electron chi connectivity index (χ2n) is 4.80. The Bertz CT molecular complexity index is 530. The van der Waals surface area contributed by atoms with Gasteiger partial charge in [0.25, 0.3) is 0 Å². The van der Waals surface area contributed by atoms with Crippen LogP contribution in [0.15, 0.2) is 30.3 Å². The standard InChI is InChI=1S/C14H17N3O3/c1-3-16(9-11-7-5-4-6-8-11)10-17-13(19)12(18)15(2)14(17)20/h4-8H,3,9-10H2,1-2H3/p+1.